The third kappa shape index (κ3) is 4.49. The molecule has 1 unspecified atom stereocenters. The van der Waals surface area contributed by atoms with Crippen molar-refractivity contribution in [3.05, 3.63) is 42.5 Å². The summed E-state index contributed by atoms with van der Waals surface area (Å²) in [5.74, 6) is 2.39. The van der Waals surface area contributed by atoms with E-state index in [9.17, 15) is 0 Å². The minimum atomic E-state index is 0.287. The van der Waals surface area contributed by atoms with Crippen LogP contribution in [-0.4, -0.2) is 113 Å². The van der Waals surface area contributed by atoms with E-state index >= 15 is 0 Å². The number of rotatable bonds is 8. The Morgan fingerprint density at radius 1 is 1.07 bits per heavy atom. The van der Waals surface area contributed by atoms with E-state index in [0.717, 1.165) is 113 Å². The summed E-state index contributed by atoms with van der Waals surface area (Å²) >= 11 is 1.73. The first-order valence-electron chi connectivity index (χ1n) is 14.6. The third-order valence-electron chi connectivity index (χ3n) is 8.80. The first kappa shape index (κ1) is 26.7. The van der Waals surface area contributed by atoms with Crippen molar-refractivity contribution < 1.29 is 14.2 Å². The topological polar surface area (TPSA) is 107 Å². The fraction of sp³-hybridized carbons (Fsp3) is 0.433. The number of anilines is 2. The molecule has 5 aromatic heterocycles. The Balaban J connectivity index is 1.20. The Kier molecular flexibility index (Phi) is 6.62. The summed E-state index contributed by atoms with van der Waals surface area (Å²) < 4.78 is 19.6. The van der Waals surface area contributed by atoms with Crippen LogP contribution in [0.3, 0.4) is 0 Å². The third-order valence-corrected chi connectivity index (χ3v) is 9.86. The highest BCUT2D eigenvalue weighted by Gasteiger charge is 2.48. The van der Waals surface area contributed by atoms with E-state index < -0.39 is 0 Å². The molecule has 0 N–H and O–H groups in total. The molecule has 0 amide bonds. The second-order valence-corrected chi connectivity index (χ2v) is 12.2. The molecule has 2 atom stereocenters. The van der Waals surface area contributed by atoms with Crippen molar-refractivity contribution in [1.29, 1.82) is 0 Å². The SMILES string of the molecule is COCCN1CCN(c2nc3c(N4C[C@@H]5OCC54)nc(-n4ncc5c(C)nc(-c6cnccc6OC)cc54)cc3s2)CC1. The van der Waals surface area contributed by atoms with Gasteiger partial charge in [0.25, 0.3) is 0 Å². The number of piperazine rings is 1. The van der Waals surface area contributed by atoms with Gasteiger partial charge >= 0.3 is 0 Å². The molecule has 3 aliphatic heterocycles. The highest BCUT2D eigenvalue weighted by molar-refractivity contribution is 7.22. The Morgan fingerprint density at radius 3 is 2.70 bits per heavy atom. The fourth-order valence-electron chi connectivity index (χ4n) is 6.19. The van der Waals surface area contributed by atoms with Gasteiger partial charge in [-0.3, -0.25) is 14.9 Å². The molecule has 13 heteroatoms. The lowest BCUT2D eigenvalue weighted by Gasteiger charge is -2.55. The van der Waals surface area contributed by atoms with Crippen LogP contribution in [-0.2, 0) is 9.47 Å². The van der Waals surface area contributed by atoms with Crippen LogP contribution in [0.2, 0.25) is 0 Å². The standard InChI is InChI=1S/C30H33N9O3S/c1-18-19-15-32-39(22(19)12-21(33-18)20-14-31-5-4-24(20)41-3)27-13-26-28(29(34-27)38-16-25-23(38)17-42-25)35-30(43-26)37-8-6-36(7-9-37)10-11-40-2/h4-5,12-15,23,25H,6-11,16-17H2,1-3H3/t23?,25-/m0/s1. The minimum absolute atomic E-state index is 0.287. The number of hydrogen-bond acceptors (Lipinski definition) is 12. The highest BCUT2D eigenvalue weighted by atomic mass is 32.1. The van der Waals surface area contributed by atoms with E-state index in [-0.39, 0.29) is 6.10 Å². The average Bonchev–Trinajstić information content (AvgIpc) is 3.66. The smallest absolute Gasteiger partial charge is 0.186 e. The van der Waals surface area contributed by atoms with Gasteiger partial charge in [-0.1, -0.05) is 11.3 Å². The number of nitrogens with zero attached hydrogens (tertiary/aromatic N) is 9. The summed E-state index contributed by atoms with van der Waals surface area (Å²) in [5.41, 5.74) is 4.37. The normalized spacial score (nSPS) is 20.3. The number of methoxy groups -OCH3 is 2. The quantitative estimate of drug-likeness (QED) is 0.263. The van der Waals surface area contributed by atoms with Crippen molar-refractivity contribution in [2.75, 3.05) is 76.5 Å². The van der Waals surface area contributed by atoms with Crippen LogP contribution in [0, 0.1) is 6.92 Å². The molecule has 0 bridgehead atoms. The number of fused-ring (bicyclic) bond motifs is 3. The maximum atomic E-state index is 5.73. The minimum Gasteiger partial charge on any atom is -0.496 e. The van der Waals surface area contributed by atoms with Gasteiger partial charge in [0.15, 0.2) is 16.8 Å². The van der Waals surface area contributed by atoms with Crippen LogP contribution >= 0.6 is 11.3 Å². The van der Waals surface area contributed by atoms with Crippen molar-refractivity contribution in [3.8, 4) is 22.8 Å². The van der Waals surface area contributed by atoms with Gasteiger partial charge in [-0.05, 0) is 19.1 Å². The molecule has 0 spiro atoms. The van der Waals surface area contributed by atoms with Gasteiger partial charge in [-0.15, -0.1) is 0 Å². The van der Waals surface area contributed by atoms with Gasteiger partial charge in [-0.2, -0.15) is 5.10 Å². The summed E-state index contributed by atoms with van der Waals surface area (Å²) in [6, 6.07) is 6.36. The molecule has 3 saturated heterocycles. The molecule has 43 heavy (non-hydrogen) atoms. The zero-order valence-electron chi connectivity index (χ0n) is 24.4. The van der Waals surface area contributed by atoms with Crippen LogP contribution in [0.15, 0.2) is 36.8 Å². The first-order chi connectivity index (χ1) is 21.1. The highest BCUT2D eigenvalue weighted by Crippen LogP contribution is 2.41. The largest absolute Gasteiger partial charge is 0.496 e. The molecule has 3 aliphatic rings. The molecule has 5 aromatic rings. The second kappa shape index (κ2) is 10.7. The number of morpholine rings is 1. The Hall–Kier alpha value is -3.91. The molecule has 3 fully saturated rings. The van der Waals surface area contributed by atoms with Crippen LogP contribution in [0.1, 0.15) is 5.69 Å². The fourth-order valence-corrected chi connectivity index (χ4v) is 7.23. The van der Waals surface area contributed by atoms with E-state index in [2.05, 4.69) is 25.8 Å². The molecular formula is C30H33N9O3S. The maximum Gasteiger partial charge on any atom is 0.186 e. The van der Waals surface area contributed by atoms with Crippen LogP contribution < -0.4 is 14.5 Å². The summed E-state index contributed by atoms with van der Waals surface area (Å²) in [7, 11) is 3.42. The van der Waals surface area contributed by atoms with Crippen molar-refractivity contribution in [1.82, 2.24) is 34.6 Å². The van der Waals surface area contributed by atoms with Gasteiger partial charge in [0.05, 0.1) is 60.1 Å². The van der Waals surface area contributed by atoms with Crippen LogP contribution in [0.4, 0.5) is 10.9 Å². The Bertz CT molecular complexity index is 1820. The lowest BCUT2D eigenvalue weighted by Crippen LogP contribution is -2.71. The molecule has 8 rings (SSSR count). The number of thiazole rings is 1. The summed E-state index contributed by atoms with van der Waals surface area (Å²) in [6.45, 7) is 9.16. The number of aromatic nitrogens is 6. The van der Waals surface area contributed by atoms with E-state index in [0.29, 0.717) is 6.04 Å². The van der Waals surface area contributed by atoms with E-state index in [1.807, 2.05) is 29.9 Å². The summed E-state index contributed by atoms with van der Waals surface area (Å²) in [4.78, 5) is 26.8. The van der Waals surface area contributed by atoms with Crippen molar-refractivity contribution >= 4 is 43.4 Å². The molecule has 0 aliphatic carbocycles. The van der Waals surface area contributed by atoms with Crippen molar-refractivity contribution in [2.45, 2.75) is 19.1 Å². The molecule has 0 saturated carbocycles. The lowest BCUT2D eigenvalue weighted by molar-refractivity contribution is -0.113. The van der Waals surface area contributed by atoms with Gasteiger partial charge in [0.2, 0.25) is 0 Å². The monoisotopic (exact) mass is 599 g/mol. The summed E-state index contributed by atoms with van der Waals surface area (Å²) in [6.07, 6.45) is 5.66. The van der Waals surface area contributed by atoms with Gasteiger partial charge in [-0.25, -0.2) is 14.6 Å². The van der Waals surface area contributed by atoms with E-state index in [4.69, 9.17) is 34.3 Å². The Labute approximate surface area is 252 Å². The zero-order chi connectivity index (χ0) is 29.1. The van der Waals surface area contributed by atoms with Crippen molar-refractivity contribution in [3.63, 3.8) is 0 Å². The molecule has 222 valence electrons. The van der Waals surface area contributed by atoms with E-state index in [1.54, 1.807) is 38.0 Å². The number of pyridine rings is 3. The predicted octanol–water partition coefficient (Wildman–Crippen LogP) is 3.16. The van der Waals surface area contributed by atoms with Crippen LogP contribution in [0.25, 0.3) is 38.2 Å². The number of aryl methyl sites for hydroxylation is 1. The van der Waals surface area contributed by atoms with Gasteiger partial charge in [0, 0.05) is 75.9 Å². The molecule has 0 radical (unpaired) electrons. The summed E-state index contributed by atoms with van der Waals surface area (Å²) in [5, 5.41) is 6.83. The van der Waals surface area contributed by atoms with Crippen molar-refractivity contribution in [2.24, 2.45) is 0 Å². The predicted molar refractivity (Wildman–Crippen MR) is 166 cm³/mol. The first-order valence-corrected chi connectivity index (χ1v) is 15.4. The van der Waals surface area contributed by atoms with Gasteiger partial charge < -0.3 is 24.0 Å². The Morgan fingerprint density at radius 2 is 1.95 bits per heavy atom. The molecule has 8 heterocycles. The molecule has 12 nitrogen and oxygen atoms in total. The molecular weight excluding hydrogens is 566 g/mol. The number of ether oxygens (including phenoxy) is 3. The molecule has 0 aromatic carbocycles. The second-order valence-electron chi connectivity index (χ2n) is 11.2. The van der Waals surface area contributed by atoms with E-state index in [1.165, 1.54) is 0 Å². The maximum absolute atomic E-state index is 5.73. The number of hydrogen-bond donors (Lipinski definition) is 0. The van der Waals surface area contributed by atoms with Crippen LogP contribution in [0.5, 0.6) is 5.75 Å². The zero-order valence-corrected chi connectivity index (χ0v) is 25.3. The lowest BCUT2D eigenvalue weighted by atomic mass is 9.95. The van der Waals surface area contributed by atoms with Gasteiger partial charge in [0.1, 0.15) is 11.3 Å². The average molecular weight is 600 g/mol.